The number of anilines is 2. The van der Waals surface area contributed by atoms with E-state index in [4.69, 9.17) is 16.3 Å². The number of benzene rings is 1. The summed E-state index contributed by atoms with van der Waals surface area (Å²) in [7, 11) is 3.52. The molecule has 0 fully saturated rings. The highest BCUT2D eigenvalue weighted by Gasteiger charge is 2.12. The highest BCUT2D eigenvalue weighted by Crippen LogP contribution is 2.28. The van der Waals surface area contributed by atoms with Gasteiger partial charge >= 0.3 is 0 Å². The molecule has 0 aliphatic rings. The van der Waals surface area contributed by atoms with Crippen molar-refractivity contribution in [2.24, 2.45) is 0 Å². The smallest absolute Gasteiger partial charge is 0.255 e. The topological polar surface area (TPSA) is 54.5 Å². The summed E-state index contributed by atoms with van der Waals surface area (Å²) in [4.78, 5) is 18.9. The number of amides is 1. The summed E-state index contributed by atoms with van der Waals surface area (Å²) in [6.07, 6.45) is 3.83. The van der Waals surface area contributed by atoms with Crippen LogP contribution in [-0.4, -0.2) is 31.6 Å². The minimum Gasteiger partial charge on any atom is -0.495 e. The van der Waals surface area contributed by atoms with Crippen LogP contribution in [0.5, 0.6) is 5.75 Å². The summed E-state index contributed by atoms with van der Waals surface area (Å²) in [6.45, 7) is 3.04. The number of carbonyl (C=O) groups excluding carboxylic acids is 1. The molecule has 0 bridgehead atoms. The Hall–Kier alpha value is -2.27. The van der Waals surface area contributed by atoms with E-state index < -0.39 is 0 Å². The zero-order valence-corrected chi connectivity index (χ0v) is 14.9. The number of halogens is 1. The Morgan fingerprint density at radius 3 is 2.83 bits per heavy atom. The first-order chi connectivity index (χ1) is 11.5. The summed E-state index contributed by atoms with van der Waals surface area (Å²) >= 11 is 6.00. The van der Waals surface area contributed by atoms with Crippen LogP contribution in [0.25, 0.3) is 0 Å². The van der Waals surface area contributed by atoms with Crippen molar-refractivity contribution in [1.82, 2.24) is 4.98 Å². The van der Waals surface area contributed by atoms with Crippen LogP contribution in [-0.2, 0) is 0 Å². The molecule has 6 heteroatoms. The molecule has 0 spiro atoms. The summed E-state index contributed by atoms with van der Waals surface area (Å²) < 4.78 is 5.25. The lowest BCUT2D eigenvalue weighted by molar-refractivity contribution is 0.102. The molecule has 5 nitrogen and oxygen atoms in total. The molecule has 1 amide bonds. The van der Waals surface area contributed by atoms with Crippen molar-refractivity contribution < 1.29 is 9.53 Å². The average molecular weight is 348 g/mol. The lowest BCUT2D eigenvalue weighted by Crippen LogP contribution is -2.20. The third-order valence-corrected chi connectivity index (χ3v) is 3.89. The zero-order valence-electron chi connectivity index (χ0n) is 14.2. The maximum atomic E-state index is 12.5. The molecule has 0 atom stereocenters. The molecule has 0 aliphatic heterocycles. The number of rotatable bonds is 7. The minimum absolute atomic E-state index is 0.233. The standard InChI is InChI=1S/C18H22ClN3O2/c1-4-5-10-22(2)17-11-13(8-9-20-17)18(23)21-15-12-14(19)6-7-16(15)24-3/h6-9,11-12H,4-5,10H2,1-3H3,(H,21,23). The van der Waals surface area contributed by atoms with Crippen LogP contribution in [0.1, 0.15) is 30.1 Å². The largest absolute Gasteiger partial charge is 0.495 e. The molecular formula is C18H22ClN3O2. The van der Waals surface area contributed by atoms with Crippen molar-refractivity contribution in [2.45, 2.75) is 19.8 Å². The molecule has 1 N–H and O–H groups in total. The van der Waals surface area contributed by atoms with E-state index >= 15 is 0 Å². The van der Waals surface area contributed by atoms with Crippen LogP contribution >= 0.6 is 11.6 Å². The molecule has 0 unspecified atom stereocenters. The quantitative estimate of drug-likeness (QED) is 0.814. The summed E-state index contributed by atoms with van der Waals surface area (Å²) in [5.41, 5.74) is 1.07. The van der Waals surface area contributed by atoms with Gasteiger partial charge in [0.1, 0.15) is 11.6 Å². The van der Waals surface area contributed by atoms with Gasteiger partial charge in [-0.1, -0.05) is 24.9 Å². The third-order valence-electron chi connectivity index (χ3n) is 3.66. The molecule has 1 heterocycles. The van der Waals surface area contributed by atoms with Gasteiger partial charge in [0.15, 0.2) is 0 Å². The van der Waals surface area contributed by atoms with E-state index in [0.717, 1.165) is 25.2 Å². The summed E-state index contributed by atoms with van der Waals surface area (Å²) in [5, 5.41) is 3.36. The molecule has 1 aromatic carbocycles. The van der Waals surface area contributed by atoms with Crippen molar-refractivity contribution in [3.8, 4) is 5.75 Å². The number of unbranched alkanes of at least 4 members (excludes halogenated alkanes) is 1. The molecule has 0 aliphatic carbocycles. The maximum Gasteiger partial charge on any atom is 0.255 e. The molecular weight excluding hydrogens is 326 g/mol. The second-order valence-corrected chi connectivity index (χ2v) is 5.91. The number of hydrogen-bond acceptors (Lipinski definition) is 4. The maximum absolute atomic E-state index is 12.5. The number of nitrogens with zero attached hydrogens (tertiary/aromatic N) is 2. The first-order valence-corrected chi connectivity index (χ1v) is 8.25. The van der Waals surface area contributed by atoms with E-state index in [1.165, 1.54) is 0 Å². The first-order valence-electron chi connectivity index (χ1n) is 7.87. The van der Waals surface area contributed by atoms with Crippen molar-refractivity contribution in [3.05, 3.63) is 47.1 Å². The van der Waals surface area contributed by atoms with Crippen molar-refractivity contribution in [1.29, 1.82) is 0 Å². The minimum atomic E-state index is -0.233. The van der Waals surface area contributed by atoms with Gasteiger partial charge in [-0.2, -0.15) is 0 Å². The molecule has 0 saturated heterocycles. The monoisotopic (exact) mass is 347 g/mol. The van der Waals surface area contributed by atoms with Gasteiger partial charge in [-0.3, -0.25) is 4.79 Å². The van der Waals surface area contributed by atoms with Crippen LogP contribution in [0, 0.1) is 0 Å². The molecule has 0 saturated carbocycles. The predicted molar refractivity (Wildman–Crippen MR) is 98.4 cm³/mol. The molecule has 24 heavy (non-hydrogen) atoms. The SMILES string of the molecule is CCCCN(C)c1cc(C(=O)Nc2cc(Cl)ccc2OC)ccn1. The summed E-state index contributed by atoms with van der Waals surface area (Å²) in [5.74, 6) is 1.10. The fourth-order valence-electron chi connectivity index (χ4n) is 2.25. The molecule has 128 valence electrons. The predicted octanol–water partition coefficient (Wildman–Crippen LogP) is 4.23. The fourth-order valence-corrected chi connectivity index (χ4v) is 2.42. The Labute approximate surface area is 147 Å². The van der Waals surface area contributed by atoms with Gasteiger partial charge in [0.2, 0.25) is 0 Å². The van der Waals surface area contributed by atoms with E-state index in [1.54, 1.807) is 43.6 Å². The average Bonchev–Trinajstić information content (AvgIpc) is 2.60. The van der Waals surface area contributed by atoms with Crippen LogP contribution in [0.15, 0.2) is 36.5 Å². The number of carbonyl (C=O) groups is 1. The number of hydrogen-bond donors (Lipinski definition) is 1. The zero-order chi connectivity index (χ0) is 17.5. The lowest BCUT2D eigenvalue weighted by atomic mass is 10.2. The summed E-state index contributed by atoms with van der Waals surface area (Å²) in [6, 6.07) is 8.55. The number of methoxy groups -OCH3 is 1. The van der Waals surface area contributed by atoms with Crippen molar-refractivity contribution in [2.75, 3.05) is 30.9 Å². The second-order valence-electron chi connectivity index (χ2n) is 5.48. The molecule has 0 radical (unpaired) electrons. The molecule has 2 aromatic rings. The van der Waals surface area contributed by atoms with E-state index in [-0.39, 0.29) is 5.91 Å². The highest BCUT2D eigenvalue weighted by molar-refractivity contribution is 6.31. The highest BCUT2D eigenvalue weighted by atomic mass is 35.5. The van der Waals surface area contributed by atoms with E-state index in [0.29, 0.717) is 22.0 Å². The Bertz CT molecular complexity index is 706. The fraction of sp³-hybridized carbons (Fsp3) is 0.333. The Kier molecular flexibility index (Phi) is 6.44. The number of ether oxygens (including phenoxy) is 1. The van der Waals surface area contributed by atoms with Gasteiger partial charge in [0.05, 0.1) is 12.8 Å². The van der Waals surface area contributed by atoms with E-state index in [2.05, 4.69) is 17.2 Å². The Morgan fingerprint density at radius 2 is 2.12 bits per heavy atom. The normalized spacial score (nSPS) is 10.3. The van der Waals surface area contributed by atoms with Gasteiger partial charge in [-0.15, -0.1) is 0 Å². The van der Waals surface area contributed by atoms with Gasteiger partial charge in [-0.25, -0.2) is 4.98 Å². The molecule has 2 rings (SSSR count). The molecule has 1 aromatic heterocycles. The van der Waals surface area contributed by atoms with Gasteiger partial charge in [0, 0.05) is 30.4 Å². The van der Waals surface area contributed by atoms with Crippen LogP contribution in [0.4, 0.5) is 11.5 Å². The Morgan fingerprint density at radius 1 is 1.33 bits per heavy atom. The van der Waals surface area contributed by atoms with E-state index in [1.807, 2.05) is 11.9 Å². The first kappa shape index (κ1) is 18.1. The van der Waals surface area contributed by atoms with Crippen LogP contribution in [0.3, 0.4) is 0 Å². The third kappa shape index (κ3) is 4.61. The second kappa shape index (κ2) is 8.55. The number of pyridine rings is 1. The van der Waals surface area contributed by atoms with Gasteiger partial charge in [-0.05, 0) is 36.8 Å². The Balaban J connectivity index is 2.17. The van der Waals surface area contributed by atoms with Crippen LogP contribution < -0.4 is 15.0 Å². The number of nitrogens with one attached hydrogen (secondary N) is 1. The van der Waals surface area contributed by atoms with Gasteiger partial charge < -0.3 is 15.0 Å². The van der Waals surface area contributed by atoms with Crippen LogP contribution in [0.2, 0.25) is 5.02 Å². The van der Waals surface area contributed by atoms with Crippen molar-refractivity contribution in [3.63, 3.8) is 0 Å². The van der Waals surface area contributed by atoms with Gasteiger partial charge in [0.25, 0.3) is 5.91 Å². The lowest BCUT2D eigenvalue weighted by Gasteiger charge is -2.18. The number of aromatic nitrogens is 1. The van der Waals surface area contributed by atoms with E-state index in [9.17, 15) is 4.79 Å². The van der Waals surface area contributed by atoms with Crippen molar-refractivity contribution >= 4 is 29.0 Å².